The van der Waals surface area contributed by atoms with Crippen molar-refractivity contribution in [1.82, 2.24) is 4.98 Å². The first-order chi connectivity index (χ1) is 9.19. The number of rotatable bonds is 5. The molecule has 0 aliphatic carbocycles. The van der Waals surface area contributed by atoms with E-state index in [1.807, 2.05) is 6.92 Å². The van der Waals surface area contributed by atoms with E-state index < -0.39 is 11.6 Å². The van der Waals surface area contributed by atoms with Crippen LogP contribution in [0.15, 0.2) is 36.5 Å². The van der Waals surface area contributed by atoms with Gasteiger partial charge in [0.15, 0.2) is 11.6 Å². The van der Waals surface area contributed by atoms with Crippen LogP contribution < -0.4 is 10.1 Å². The fourth-order valence-corrected chi connectivity index (χ4v) is 1.51. The van der Waals surface area contributed by atoms with Gasteiger partial charge in [-0.3, -0.25) is 0 Å². The molecule has 19 heavy (non-hydrogen) atoms. The summed E-state index contributed by atoms with van der Waals surface area (Å²) in [6.45, 7) is 2.84. The molecule has 0 spiro atoms. The van der Waals surface area contributed by atoms with E-state index in [0.717, 1.165) is 25.1 Å². The largest absolute Gasteiger partial charge is 0.454 e. The number of ether oxygens (including phenoxy) is 1. The number of pyridine rings is 1. The third-order valence-corrected chi connectivity index (χ3v) is 2.41. The molecule has 0 unspecified atom stereocenters. The van der Waals surface area contributed by atoms with Gasteiger partial charge in [0.2, 0.25) is 0 Å². The highest BCUT2D eigenvalue weighted by Gasteiger charge is 2.06. The predicted molar refractivity (Wildman–Crippen MR) is 69.4 cm³/mol. The molecule has 0 fully saturated rings. The number of hydrogen-bond donors (Lipinski definition) is 1. The van der Waals surface area contributed by atoms with Gasteiger partial charge in [0.05, 0.1) is 0 Å². The minimum absolute atomic E-state index is 0.0194. The molecule has 3 nitrogen and oxygen atoms in total. The van der Waals surface area contributed by atoms with Gasteiger partial charge in [-0.1, -0.05) is 6.92 Å². The minimum atomic E-state index is -0.736. The number of aromatic nitrogens is 1. The number of nitrogens with zero attached hydrogens (tertiary/aromatic N) is 1. The van der Waals surface area contributed by atoms with E-state index in [0.29, 0.717) is 11.6 Å². The molecule has 5 heteroatoms. The lowest BCUT2D eigenvalue weighted by molar-refractivity contribution is 0.437. The first kappa shape index (κ1) is 13.3. The Kier molecular flexibility index (Phi) is 4.28. The van der Waals surface area contributed by atoms with Crippen molar-refractivity contribution in [2.45, 2.75) is 13.3 Å². The van der Waals surface area contributed by atoms with E-state index in [9.17, 15) is 8.78 Å². The summed E-state index contributed by atoms with van der Waals surface area (Å²) in [5, 5.41) is 3.10. The highest BCUT2D eigenvalue weighted by molar-refractivity contribution is 5.42. The van der Waals surface area contributed by atoms with Crippen LogP contribution in [0.5, 0.6) is 11.5 Å². The Labute approximate surface area is 110 Å². The molecule has 1 aromatic carbocycles. The lowest BCUT2D eigenvalue weighted by Gasteiger charge is -2.09. The van der Waals surface area contributed by atoms with Crippen LogP contribution in [0.4, 0.5) is 14.6 Å². The van der Waals surface area contributed by atoms with E-state index in [1.165, 1.54) is 6.07 Å². The summed E-state index contributed by atoms with van der Waals surface area (Å²) in [6, 6.07) is 6.46. The maximum absolute atomic E-state index is 13.4. The minimum Gasteiger partial charge on any atom is -0.454 e. The fourth-order valence-electron chi connectivity index (χ4n) is 1.51. The number of benzene rings is 1. The van der Waals surface area contributed by atoms with E-state index >= 15 is 0 Å². The zero-order valence-corrected chi connectivity index (χ0v) is 10.5. The van der Waals surface area contributed by atoms with Gasteiger partial charge in [0, 0.05) is 24.9 Å². The van der Waals surface area contributed by atoms with Crippen LogP contribution in [0.25, 0.3) is 0 Å². The first-order valence-electron chi connectivity index (χ1n) is 6.02. The molecule has 2 rings (SSSR count). The van der Waals surface area contributed by atoms with Crippen molar-refractivity contribution in [2.75, 3.05) is 11.9 Å². The van der Waals surface area contributed by atoms with Crippen LogP contribution in [0, 0.1) is 11.6 Å². The third kappa shape index (κ3) is 3.64. The Morgan fingerprint density at radius 2 is 2.05 bits per heavy atom. The number of anilines is 1. The van der Waals surface area contributed by atoms with Crippen LogP contribution in [0.1, 0.15) is 13.3 Å². The first-order valence-corrected chi connectivity index (χ1v) is 6.02. The lowest BCUT2D eigenvalue weighted by atomic mass is 10.3. The van der Waals surface area contributed by atoms with E-state index in [4.69, 9.17) is 4.74 Å². The quantitative estimate of drug-likeness (QED) is 0.887. The van der Waals surface area contributed by atoms with Gasteiger partial charge in [-0.05, 0) is 24.6 Å². The van der Waals surface area contributed by atoms with Crippen molar-refractivity contribution >= 4 is 5.82 Å². The molecule has 1 aromatic heterocycles. The topological polar surface area (TPSA) is 34.1 Å². The summed E-state index contributed by atoms with van der Waals surface area (Å²) < 4.78 is 31.6. The summed E-state index contributed by atoms with van der Waals surface area (Å²) in [5.41, 5.74) is 0. The monoisotopic (exact) mass is 264 g/mol. The summed E-state index contributed by atoms with van der Waals surface area (Å²) in [5.74, 6) is -0.292. The second-order valence-electron chi connectivity index (χ2n) is 3.98. The summed E-state index contributed by atoms with van der Waals surface area (Å²) >= 11 is 0. The molecule has 1 N–H and O–H groups in total. The van der Waals surface area contributed by atoms with Gasteiger partial charge in [-0.2, -0.15) is 0 Å². The SMILES string of the molecule is CCCNc1cc(Oc2ccc(F)cc2F)ccn1. The molecule has 100 valence electrons. The molecule has 0 saturated carbocycles. The van der Waals surface area contributed by atoms with E-state index in [2.05, 4.69) is 10.3 Å². The molecule has 0 radical (unpaired) electrons. The predicted octanol–water partition coefficient (Wildman–Crippen LogP) is 3.97. The van der Waals surface area contributed by atoms with Crippen molar-refractivity contribution in [1.29, 1.82) is 0 Å². The zero-order chi connectivity index (χ0) is 13.7. The van der Waals surface area contributed by atoms with Crippen molar-refractivity contribution in [2.24, 2.45) is 0 Å². The second kappa shape index (κ2) is 6.13. The average Bonchev–Trinajstić information content (AvgIpc) is 2.40. The molecule has 2 aromatic rings. The van der Waals surface area contributed by atoms with E-state index in [1.54, 1.807) is 18.3 Å². The molecule has 0 amide bonds. The Bertz CT molecular complexity index is 561. The molecular weight excluding hydrogens is 250 g/mol. The maximum atomic E-state index is 13.4. The standard InChI is InChI=1S/C14H14F2N2O/c1-2-6-17-14-9-11(5-7-18-14)19-13-4-3-10(15)8-12(13)16/h3-5,7-9H,2,6H2,1H3,(H,17,18). The number of nitrogens with one attached hydrogen (secondary N) is 1. The van der Waals surface area contributed by atoms with Crippen molar-refractivity contribution in [3.8, 4) is 11.5 Å². The number of hydrogen-bond acceptors (Lipinski definition) is 3. The third-order valence-electron chi connectivity index (χ3n) is 2.41. The maximum Gasteiger partial charge on any atom is 0.168 e. The summed E-state index contributed by atoms with van der Waals surface area (Å²) in [6.07, 6.45) is 2.54. The Morgan fingerprint density at radius 3 is 2.79 bits per heavy atom. The van der Waals surface area contributed by atoms with Gasteiger partial charge >= 0.3 is 0 Å². The average molecular weight is 264 g/mol. The lowest BCUT2D eigenvalue weighted by Crippen LogP contribution is -2.01. The van der Waals surface area contributed by atoms with Crippen molar-refractivity contribution < 1.29 is 13.5 Å². The van der Waals surface area contributed by atoms with E-state index in [-0.39, 0.29) is 5.75 Å². The van der Waals surface area contributed by atoms with Gasteiger partial charge in [0.25, 0.3) is 0 Å². The van der Waals surface area contributed by atoms with Crippen LogP contribution in [-0.4, -0.2) is 11.5 Å². The van der Waals surface area contributed by atoms with Crippen LogP contribution >= 0.6 is 0 Å². The fraction of sp³-hybridized carbons (Fsp3) is 0.214. The Morgan fingerprint density at radius 1 is 1.21 bits per heavy atom. The summed E-state index contributed by atoms with van der Waals surface area (Å²) in [7, 11) is 0. The van der Waals surface area contributed by atoms with Gasteiger partial charge in [-0.15, -0.1) is 0 Å². The van der Waals surface area contributed by atoms with Gasteiger partial charge < -0.3 is 10.1 Å². The molecule has 0 aliphatic rings. The highest BCUT2D eigenvalue weighted by atomic mass is 19.1. The van der Waals surface area contributed by atoms with Crippen molar-refractivity contribution in [3.05, 3.63) is 48.2 Å². The highest BCUT2D eigenvalue weighted by Crippen LogP contribution is 2.25. The van der Waals surface area contributed by atoms with Crippen LogP contribution in [-0.2, 0) is 0 Å². The molecular formula is C14H14F2N2O. The van der Waals surface area contributed by atoms with Crippen molar-refractivity contribution in [3.63, 3.8) is 0 Å². The Balaban J connectivity index is 2.14. The van der Waals surface area contributed by atoms with Crippen LogP contribution in [0.2, 0.25) is 0 Å². The van der Waals surface area contributed by atoms with Gasteiger partial charge in [-0.25, -0.2) is 13.8 Å². The molecule has 1 heterocycles. The zero-order valence-electron chi connectivity index (χ0n) is 10.5. The number of halogens is 2. The summed E-state index contributed by atoms with van der Waals surface area (Å²) in [4.78, 5) is 4.11. The molecule has 0 bridgehead atoms. The second-order valence-corrected chi connectivity index (χ2v) is 3.98. The molecule has 0 saturated heterocycles. The Hall–Kier alpha value is -2.17. The van der Waals surface area contributed by atoms with Crippen LogP contribution in [0.3, 0.4) is 0 Å². The molecule has 0 atom stereocenters. The smallest absolute Gasteiger partial charge is 0.168 e. The normalized spacial score (nSPS) is 10.3. The van der Waals surface area contributed by atoms with Gasteiger partial charge in [0.1, 0.15) is 17.4 Å². The molecule has 0 aliphatic heterocycles.